The van der Waals surface area contributed by atoms with Crippen LogP contribution in [0.3, 0.4) is 0 Å². The molecule has 1 fully saturated rings. The van der Waals surface area contributed by atoms with Gasteiger partial charge in [0.05, 0.1) is 15.6 Å². The molecule has 1 aromatic rings. The molecule has 20 heavy (non-hydrogen) atoms. The molecule has 3 N–H and O–H groups in total. The van der Waals surface area contributed by atoms with Gasteiger partial charge in [-0.1, -0.05) is 11.6 Å². The number of likely N-dealkylation sites (N-methyl/N-ethyl adjacent to an activating group) is 1. The first kappa shape index (κ1) is 15.6. The number of nitrogens with one attached hydrogen (secondary N) is 1. The Morgan fingerprint density at radius 2 is 2.10 bits per heavy atom. The molecule has 1 aliphatic carbocycles. The van der Waals surface area contributed by atoms with Gasteiger partial charge in [-0.3, -0.25) is 0 Å². The van der Waals surface area contributed by atoms with E-state index < -0.39 is 10.0 Å². The number of aryl methyl sites for hydroxylation is 1. The predicted molar refractivity (Wildman–Crippen MR) is 81.4 cm³/mol. The summed E-state index contributed by atoms with van der Waals surface area (Å²) in [7, 11) is -1.53. The summed E-state index contributed by atoms with van der Waals surface area (Å²) in [6.45, 7) is 2.82. The Balaban J connectivity index is 2.02. The van der Waals surface area contributed by atoms with Crippen LogP contribution in [-0.4, -0.2) is 39.5 Å². The van der Waals surface area contributed by atoms with Crippen LogP contribution >= 0.6 is 11.6 Å². The van der Waals surface area contributed by atoms with Crippen molar-refractivity contribution in [1.29, 1.82) is 0 Å². The zero-order valence-electron chi connectivity index (χ0n) is 11.7. The van der Waals surface area contributed by atoms with Crippen LogP contribution in [0.5, 0.6) is 0 Å². The van der Waals surface area contributed by atoms with Gasteiger partial charge in [0.25, 0.3) is 0 Å². The molecule has 1 aromatic carbocycles. The highest BCUT2D eigenvalue weighted by Gasteiger charge is 2.26. The summed E-state index contributed by atoms with van der Waals surface area (Å²) in [5.41, 5.74) is 6.65. The molecule has 0 bridgehead atoms. The highest BCUT2D eigenvalue weighted by molar-refractivity contribution is 7.89. The average Bonchev–Trinajstić information content (AvgIpc) is 3.19. The number of sulfonamides is 1. The number of nitrogens with zero attached hydrogens (tertiary/aromatic N) is 1. The number of nitrogen functional groups attached to an aromatic ring is 1. The molecule has 0 atom stereocenters. The Morgan fingerprint density at radius 1 is 1.45 bits per heavy atom. The Labute approximate surface area is 125 Å². The molecule has 112 valence electrons. The van der Waals surface area contributed by atoms with E-state index in [-0.39, 0.29) is 10.6 Å². The fourth-order valence-corrected chi connectivity index (χ4v) is 3.31. The molecule has 1 saturated carbocycles. The molecule has 0 aliphatic heterocycles. The topological polar surface area (TPSA) is 75.4 Å². The minimum atomic E-state index is -3.54. The molecule has 0 spiro atoms. The summed E-state index contributed by atoms with van der Waals surface area (Å²) >= 11 is 5.94. The molecule has 7 heteroatoms. The van der Waals surface area contributed by atoms with Crippen molar-refractivity contribution in [1.82, 2.24) is 9.62 Å². The van der Waals surface area contributed by atoms with E-state index in [1.807, 2.05) is 7.05 Å². The van der Waals surface area contributed by atoms with E-state index in [2.05, 4.69) is 9.62 Å². The van der Waals surface area contributed by atoms with Crippen molar-refractivity contribution in [3.05, 3.63) is 22.7 Å². The number of hydrogen-bond acceptors (Lipinski definition) is 4. The quantitative estimate of drug-likeness (QED) is 0.782. The van der Waals surface area contributed by atoms with Crippen molar-refractivity contribution < 1.29 is 8.42 Å². The zero-order chi connectivity index (χ0) is 14.9. The van der Waals surface area contributed by atoms with Gasteiger partial charge < -0.3 is 10.6 Å². The monoisotopic (exact) mass is 317 g/mol. The maximum absolute atomic E-state index is 12.2. The lowest BCUT2D eigenvalue weighted by Gasteiger charge is -2.16. The van der Waals surface area contributed by atoms with E-state index in [0.29, 0.717) is 29.7 Å². The third-order valence-corrected chi connectivity index (χ3v) is 5.45. The first-order chi connectivity index (χ1) is 9.31. The maximum atomic E-state index is 12.2. The number of benzene rings is 1. The van der Waals surface area contributed by atoms with Crippen LogP contribution < -0.4 is 10.5 Å². The van der Waals surface area contributed by atoms with Gasteiger partial charge >= 0.3 is 0 Å². The van der Waals surface area contributed by atoms with Gasteiger partial charge in [-0.25, -0.2) is 13.1 Å². The molecule has 0 aromatic heterocycles. The highest BCUT2D eigenvalue weighted by Crippen LogP contribution is 2.27. The molecule has 2 rings (SSSR count). The first-order valence-electron chi connectivity index (χ1n) is 6.57. The first-order valence-corrected chi connectivity index (χ1v) is 8.43. The van der Waals surface area contributed by atoms with Crippen LogP contribution in [0.25, 0.3) is 0 Å². The fraction of sp³-hybridized carbons (Fsp3) is 0.538. The highest BCUT2D eigenvalue weighted by atomic mass is 35.5. The van der Waals surface area contributed by atoms with Crippen LogP contribution in [0, 0.1) is 6.92 Å². The van der Waals surface area contributed by atoms with E-state index in [1.165, 1.54) is 25.0 Å². The van der Waals surface area contributed by atoms with E-state index in [1.54, 1.807) is 6.92 Å². The summed E-state index contributed by atoms with van der Waals surface area (Å²) in [5, 5.41) is 0.400. The summed E-state index contributed by atoms with van der Waals surface area (Å²) < 4.78 is 27.0. The van der Waals surface area contributed by atoms with Crippen molar-refractivity contribution in [2.45, 2.75) is 30.7 Å². The van der Waals surface area contributed by atoms with Gasteiger partial charge in [0.2, 0.25) is 10.0 Å². The summed E-state index contributed by atoms with van der Waals surface area (Å²) in [6.07, 6.45) is 2.41. The van der Waals surface area contributed by atoms with Crippen LogP contribution in [0.4, 0.5) is 5.69 Å². The Hall–Kier alpha value is -0.820. The molecule has 5 nitrogen and oxygen atoms in total. The van der Waals surface area contributed by atoms with E-state index in [0.717, 1.165) is 0 Å². The normalized spacial score (nSPS) is 15.8. The number of rotatable bonds is 6. The van der Waals surface area contributed by atoms with Gasteiger partial charge in [-0.2, -0.15) is 0 Å². The lowest BCUT2D eigenvalue weighted by atomic mass is 10.2. The standard InChI is InChI=1S/C13H20ClN3O2S/c1-9-7-11(8-12(15)13(9)14)20(18,19)16-5-6-17(2)10-3-4-10/h7-8,10,16H,3-6,15H2,1-2H3. The largest absolute Gasteiger partial charge is 0.397 e. The zero-order valence-corrected chi connectivity index (χ0v) is 13.3. The van der Waals surface area contributed by atoms with Gasteiger partial charge in [-0.05, 0) is 44.5 Å². The molecule has 0 unspecified atom stereocenters. The predicted octanol–water partition coefficient (Wildman–Crippen LogP) is 1.60. The van der Waals surface area contributed by atoms with Crippen LogP contribution in [0.15, 0.2) is 17.0 Å². The molecule has 0 heterocycles. The van der Waals surface area contributed by atoms with Crippen molar-refractivity contribution in [3.8, 4) is 0 Å². The van der Waals surface area contributed by atoms with Crippen molar-refractivity contribution in [2.24, 2.45) is 0 Å². The number of halogens is 1. The SMILES string of the molecule is Cc1cc(S(=O)(=O)NCCN(C)C2CC2)cc(N)c1Cl. The van der Waals surface area contributed by atoms with Crippen LogP contribution in [0.1, 0.15) is 18.4 Å². The second kappa shape index (κ2) is 5.89. The van der Waals surface area contributed by atoms with Gasteiger partial charge in [0, 0.05) is 19.1 Å². The van der Waals surface area contributed by atoms with E-state index in [9.17, 15) is 8.42 Å². The second-order valence-electron chi connectivity index (χ2n) is 5.25. The number of hydrogen-bond donors (Lipinski definition) is 2. The third-order valence-electron chi connectivity index (χ3n) is 3.49. The van der Waals surface area contributed by atoms with Gasteiger partial charge in [0.15, 0.2) is 0 Å². The van der Waals surface area contributed by atoms with Crippen molar-refractivity contribution >= 4 is 27.3 Å². The molecule has 1 aliphatic rings. The van der Waals surface area contributed by atoms with E-state index in [4.69, 9.17) is 17.3 Å². The third kappa shape index (κ3) is 3.63. The molecule has 0 radical (unpaired) electrons. The maximum Gasteiger partial charge on any atom is 0.240 e. The Kier molecular flexibility index (Phi) is 4.59. The second-order valence-corrected chi connectivity index (χ2v) is 7.40. The summed E-state index contributed by atoms with van der Waals surface area (Å²) in [5.74, 6) is 0. The van der Waals surface area contributed by atoms with Crippen LogP contribution in [-0.2, 0) is 10.0 Å². The molecular weight excluding hydrogens is 298 g/mol. The number of anilines is 1. The molecule has 0 amide bonds. The summed E-state index contributed by atoms with van der Waals surface area (Å²) in [6, 6.07) is 3.54. The van der Waals surface area contributed by atoms with Crippen LogP contribution in [0.2, 0.25) is 5.02 Å². The Morgan fingerprint density at radius 3 is 2.65 bits per heavy atom. The number of nitrogens with two attached hydrogens (primary N) is 1. The lowest BCUT2D eigenvalue weighted by molar-refractivity contribution is 0.329. The minimum Gasteiger partial charge on any atom is -0.397 e. The van der Waals surface area contributed by atoms with E-state index >= 15 is 0 Å². The molecule has 0 saturated heterocycles. The Bertz CT molecular complexity index is 577. The van der Waals surface area contributed by atoms with Crippen molar-refractivity contribution in [3.63, 3.8) is 0 Å². The van der Waals surface area contributed by atoms with Crippen molar-refractivity contribution in [2.75, 3.05) is 25.9 Å². The smallest absolute Gasteiger partial charge is 0.240 e. The lowest BCUT2D eigenvalue weighted by Crippen LogP contribution is -2.34. The van der Waals surface area contributed by atoms with Gasteiger partial charge in [-0.15, -0.1) is 0 Å². The minimum absolute atomic E-state index is 0.158. The average molecular weight is 318 g/mol. The molecular formula is C13H20ClN3O2S. The summed E-state index contributed by atoms with van der Waals surface area (Å²) in [4.78, 5) is 2.33. The van der Waals surface area contributed by atoms with Gasteiger partial charge in [0.1, 0.15) is 0 Å². The fourth-order valence-electron chi connectivity index (χ4n) is 2.06.